The van der Waals surface area contributed by atoms with E-state index in [1.807, 2.05) is 0 Å². The number of hydrogen-bond donors (Lipinski definition) is 0. The van der Waals surface area contributed by atoms with Crippen LogP contribution in [0.15, 0.2) is 72.8 Å². The summed E-state index contributed by atoms with van der Waals surface area (Å²) in [7, 11) is 3.94. The first-order chi connectivity index (χ1) is 24.3. The van der Waals surface area contributed by atoms with Gasteiger partial charge in [-0.25, -0.2) is 4.79 Å². The molecule has 0 unspecified atom stereocenters. The third-order valence-corrected chi connectivity index (χ3v) is 8.04. The fourth-order valence-electron chi connectivity index (χ4n) is 5.62. The van der Waals surface area contributed by atoms with Gasteiger partial charge in [0.2, 0.25) is 0 Å². The number of hydrogen-bond acceptors (Lipinski definition) is 7. The van der Waals surface area contributed by atoms with E-state index >= 15 is 0 Å². The average molecular weight is 738 g/mol. The lowest BCUT2D eigenvalue weighted by Crippen LogP contribution is -2.25. The molecule has 17 heteroatoms. The first kappa shape index (κ1) is 37.6. The molecule has 274 valence electrons. The van der Waals surface area contributed by atoms with Crippen LogP contribution in [0.4, 0.5) is 45.5 Å². The van der Waals surface area contributed by atoms with Crippen LogP contribution in [-0.2, 0) is 43.4 Å². The van der Waals surface area contributed by atoms with Gasteiger partial charge in [0.15, 0.2) is 0 Å². The monoisotopic (exact) mass is 737 g/mol. The molecule has 0 radical (unpaired) electrons. The molecule has 1 aromatic heterocycles. The summed E-state index contributed by atoms with van der Waals surface area (Å²) in [6, 6.07) is 13.7. The number of nitrogens with zero attached hydrogens (tertiary/aromatic N) is 5. The van der Waals surface area contributed by atoms with Crippen LogP contribution in [0.25, 0.3) is 22.3 Å². The molecule has 0 saturated heterocycles. The van der Waals surface area contributed by atoms with Crippen LogP contribution in [0.3, 0.4) is 0 Å². The van der Waals surface area contributed by atoms with Crippen LogP contribution < -0.4 is 9.64 Å². The smallest absolute Gasteiger partial charge is 0.416 e. The second-order valence-electron chi connectivity index (χ2n) is 11.7. The third-order valence-electron chi connectivity index (χ3n) is 8.04. The van der Waals surface area contributed by atoms with E-state index in [9.17, 15) is 44.3 Å². The van der Waals surface area contributed by atoms with Crippen molar-refractivity contribution in [2.75, 3.05) is 19.1 Å². The van der Waals surface area contributed by atoms with Gasteiger partial charge >= 0.3 is 24.5 Å². The van der Waals surface area contributed by atoms with Gasteiger partial charge in [0.1, 0.15) is 5.75 Å². The molecule has 0 N–H and O–H groups in total. The highest BCUT2D eigenvalue weighted by Crippen LogP contribution is 2.41. The molecule has 5 aromatic rings. The summed E-state index contributed by atoms with van der Waals surface area (Å²) in [5, 5.41) is 11.6. The molecule has 1 heterocycles. The Bertz CT molecular complexity index is 2080. The van der Waals surface area contributed by atoms with Crippen molar-refractivity contribution in [2.24, 2.45) is 7.05 Å². The van der Waals surface area contributed by atoms with Gasteiger partial charge in [-0.1, -0.05) is 23.3 Å². The number of aromatic nitrogens is 4. The molecular weight excluding hydrogens is 709 g/mol. The summed E-state index contributed by atoms with van der Waals surface area (Å²) in [6.45, 7) is 0.541. The molecule has 0 fully saturated rings. The van der Waals surface area contributed by atoms with Gasteiger partial charge in [-0.2, -0.15) is 44.3 Å². The maximum Gasteiger partial charge on any atom is 0.416 e. The number of halogens is 9. The predicted octanol–water partition coefficient (Wildman–Crippen LogP) is 8.91. The van der Waals surface area contributed by atoms with Gasteiger partial charge in [-0.05, 0) is 100 Å². The van der Waals surface area contributed by atoms with E-state index in [-0.39, 0.29) is 28.9 Å². The van der Waals surface area contributed by atoms with Gasteiger partial charge in [0.05, 0.1) is 43.5 Å². The van der Waals surface area contributed by atoms with E-state index in [0.717, 1.165) is 21.8 Å². The normalized spacial score (nSPS) is 12.2. The highest BCUT2D eigenvalue weighted by atomic mass is 19.4. The minimum Gasteiger partial charge on any atom is -0.496 e. The number of carbonyl (C=O) groups is 1. The second kappa shape index (κ2) is 14.2. The first-order valence-corrected chi connectivity index (χ1v) is 15.1. The van der Waals surface area contributed by atoms with E-state index in [1.54, 1.807) is 43.3 Å². The van der Waals surface area contributed by atoms with E-state index in [0.29, 0.717) is 39.9 Å². The molecule has 4 aromatic carbocycles. The van der Waals surface area contributed by atoms with Gasteiger partial charge in [0.25, 0.3) is 5.95 Å². The Morgan fingerprint density at radius 1 is 0.731 bits per heavy atom. The predicted molar refractivity (Wildman–Crippen MR) is 170 cm³/mol. The largest absolute Gasteiger partial charge is 0.496 e. The second-order valence-corrected chi connectivity index (χ2v) is 11.7. The zero-order valence-electron chi connectivity index (χ0n) is 27.7. The topological polar surface area (TPSA) is 82.4 Å². The Hall–Kier alpha value is -5.61. The van der Waals surface area contributed by atoms with Crippen LogP contribution in [0.2, 0.25) is 0 Å². The van der Waals surface area contributed by atoms with Crippen molar-refractivity contribution in [1.82, 2.24) is 20.2 Å². The third kappa shape index (κ3) is 8.29. The molecule has 0 spiro atoms. The molecule has 0 amide bonds. The molecule has 0 atom stereocenters. The summed E-state index contributed by atoms with van der Waals surface area (Å²) in [5.74, 6) is -0.592. The zero-order valence-corrected chi connectivity index (χ0v) is 27.7. The number of carbonyl (C=O) groups excluding carboxylic acids is 1. The van der Waals surface area contributed by atoms with Crippen LogP contribution in [-0.4, -0.2) is 40.4 Å². The van der Waals surface area contributed by atoms with Gasteiger partial charge in [-0.15, -0.1) is 5.10 Å². The molecule has 0 aliphatic heterocycles. The Labute approximate surface area is 290 Å². The summed E-state index contributed by atoms with van der Waals surface area (Å²) in [5.41, 5.74) is -1.98. The summed E-state index contributed by atoms with van der Waals surface area (Å²) in [6.07, 6.45) is -15.1. The van der Waals surface area contributed by atoms with E-state index in [4.69, 9.17) is 9.47 Å². The van der Waals surface area contributed by atoms with E-state index in [1.165, 1.54) is 27.3 Å². The average Bonchev–Trinajstić information content (AvgIpc) is 3.52. The molecular formula is C35H28F9N5O3. The molecule has 0 saturated carbocycles. The van der Waals surface area contributed by atoms with Crippen molar-refractivity contribution in [1.29, 1.82) is 0 Å². The van der Waals surface area contributed by atoms with Crippen LogP contribution in [0.1, 0.15) is 43.7 Å². The summed E-state index contributed by atoms with van der Waals surface area (Å²) < 4.78 is 135. The number of alkyl halides is 9. The van der Waals surface area contributed by atoms with Crippen molar-refractivity contribution in [3.63, 3.8) is 0 Å². The van der Waals surface area contributed by atoms with Crippen LogP contribution in [0.5, 0.6) is 5.75 Å². The summed E-state index contributed by atoms with van der Waals surface area (Å²) in [4.78, 5) is 14.2. The van der Waals surface area contributed by atoms with Crippen molar-refractivity contribution >= 4 is 11.9 Å². The maximum atomic E-state index is 14.1. The number of ether oxygens (including phenoxy) is 2. The van der Waals surface area contributed by atoms with Crippen molar-refractivity contribution < 1.29 is 53.8 Å². The zero-order chi connectivity index (χ0) is 38.2. The highest BCUT2D eigenvalue weighted by molar-refractivity contribution is 5.91. The fraction of sp³-hybridized carbons (Fsp3) is 0.257. The lowest BCUT2D eigenvalue weighted by Gasteiger charge is -2.25. The van der Waals surface area contributed by atoms with E-state index in [2.05, 4.69) is 15.4 Å². The van der Waals surface area contributed by atoms with E-state index < -0.39 is 59.8 Å². The van der Waals surface area contributed by atoms with Crippen molar-refractivity contribution in [3.05, 3.63) is 112 Å². The lowest BCUT2D eigenvalue weighted by molar-refractivity contribution is -0.143. The lowest BCUT2D eigenvalue weighted by atomic mass is 9.91. The fourth-order valence-corrected chi connectivity index (χ4v) is 5.62. The standard InChI is InChI=1S/C35H28F9N5O3/c1-19-11-22(31(50)52-4)5-8-27(19)21-6-10-30(51-3)29(15-21)28-9-7-24(33(36,37)38)14-23(28)18-49(32-45-47-48(2)46-32)17-20-12-25(34(39,40)41)16-26(13-20)35(42,43)44/h5-16H,17-18H2,1-4H3. The van der Waals surface area contributed by atoms with Gasteiger partial charge < -0.3 is 14.4 Å². The Morgan fingerprint density at radius 3 is 1.90 bits per heavy atom. The minimum absolute atomic E-state index is 0.0245. The maximum absolute atomic E-state index is 14.1. The molecule has 52 heavy (non-hydrogen) atoms. The minimum atomic E-state index is -5.14. The van der Waals surface area contributed by atoms with Gasteiger partial charge in [0, 0.05) is 18.7 Å². The molecule has 0 aliphatic rings. The molecule has 0 bridgehead atoms. The molecule has 0 aliphatic carbocycles. The number of anilines is 1. The van der Waals surface area contributed by atoms with Crippen LogP contribution >= 0.6 is 0 Å². The number of esters is 1. The summed E-state index contributed by atoms with van der Waals surface area (Å²) >= 11 is 0. The quantitative estimate of drug-likeness (QED) is 0.110. The highest BCUT2D eigenvalue weighted by Gasteiger charge is 2.37. The first-order valence-electron chi connectivity index (χ1n) is 15.1. The van der Waals surface area contributed by atoms with Crippen molar-refractivity contribution in [2.45, 2.75) is 38.5 Å². The SMILES string of the molecule is COC(=O)c1ccc(-c2ccc(OC)c(-c3ccc(C(F)(F)F)cc3CN(Cc3cc(C(F)(F)F)cc(C(F)(F)F)c3)c3nnn(C)n3)c2)c(C)c1. The number of methoxy groups -OCH3 is 2. The molecule has 5 rings (SSSR count). The number of tetrazole rings is 1. The molecule has 8 nitrogen and oxygen atoms in total. The Kier molecular flexibility index (Phi) is 10.3. The van der Waals surface area contributed by atoms with Crippen molar-refractivity contribution in [3.8, 4) is 28.0 Å². The number of rotatable bonds is 9. The van der Waals surface area contributed by atoms with Crippen LogP contribution in [0, 0.1) is 6.92 Å². The Morgan fingerprint density at radius 2 is 1.37 bits per heavy atom. The number of benzene rings is 4. The number of aryl methyl sites for hydroxylation is 2. The van der Waals surface area contributed by atoms with Gasteiger partial charge in [-0.3, -0.25) is 0 Å². The Balaban J connectivity index is 1.67.